The van der Waals surface area contributed by atoms with Gasteiger partial charge in [0.05, 0.1) is 6.10 Å². The maximum absolute atomic E-state index is 5.40. The van der Waals surface area contributed by atoms with Crippen LogP contribution in [0, 0.1) is 0 Å². The van der Waals surface area contributed by atoms with E-state index in [4.69, 9.17) is 4.74 Å². The number of hydrogen-bond acceptors (Lipinski definition) is 2. The van der Waals surface area contributed by atoms with Crippen LogP contribution in [0.5, 0.6) is 0 Å². The summed E-state index contributed by atoms with van der Waals surface area (Å²) < 4.78 is 5.40. The van der Waals surface area contributed by atoms with Crippen LogP contribution in [0.3, 0.4) is 0 Å². The molecule has 0 aromatic carbocycles. The van der Waals surface area contributed by atoms with Crippen molar-refractivity contribution in [3.8, 4) is 0 Å². The van der Waals surface area contributed by atoms with E-state index in [1.54, 1.807) is 0 Å². The first-order valence-electron chi connectivity index (χ1n) is 3.55. The van der Waals surface area contributed by atoms with Crippen LogP contribution < -0.4 is 0 Å². The highest BCUT2D eigenvalue weighted by atomic mass is 16.5. The lowest BCUT2D eigenvalue weighted by Crippen LogP contribution is -2.11. The van der Waals surface area contributed by atoms with Gasteiger partial charge in [-0.1, -0.05) is 6.92 Å². The first-order chi connectivity index (χ1) is 4.43. The van der Waals surface area contributed by atoms with E-state index in [2.05, 4.69) is 11.9 Å². The summed E-state index contributed by atoms with van der Waals surface area (Å²) in [6.07, 6.45) is 4.33. The van der Waals surface area contributed by atoms with Crippen LogP contribution in [0.1, 0.15) is 19.8 Å². The van der Waals surface area contributed by atoms with Crippen molar-refractivity contribution >= 4 is 6.21 Å². The van der Waals surface area contributed by atoms with Gasteiger partial charge in [-0.15, -0.1) is 0 Å². The highest BCUT2D eigenvalue weighted by molar-refractivity contribution is 5.63. The summed E-state index contributed by atoms with van der Waals surface area (Å²) in [6.45, 7) is 3.93. The lowest BCUT2D eigenvalue weighted by molar-refractivity contribution is 0.102. The molecule has 0 saturated carbocycles. The third-order valence-electron chi connectivity index (χ3n) is 1.44. The fourth-order valence-electron chi connectivity index (χ4n) is 0.849. The molecule has 0 bridgehead atoms. The third kappa shape index (κ3) is 2.14. The molecule has 0 aromatic rings. The molecule has 1 atom stereocenters. The van der Waals surface area contributed by atoms with Gasteiger partial charge in [0.1, 0.15) is 0 Å². The summed E-state index contributed by atoms with van der Waals surface area (Å²) in [5, 5.41) is 0. The normalized spacial score (nSPS) is 27.9. The zero-order valence-corrected chi connectivity index (χ0v) is 5.84. The second kappa shape index (κ2) is 3.62. The maximum atomic E-state index is 5.40. The Labute approximate surface area is 55.9 Å². The summed E-state index contributed by atoms with van der Waals surface area (Å²) in [7, 11) is 0. The molecule has 0 radical (unpaired) electrons. The van der Waals surface area contributed by atoms with E-state index in [1.165, 1.54) is 0 Å². The zero-order valence-electron chi connectivity index (χ0n) is 5.84. The standard InChI is InChI=1S/C7H13NO/c1-2-7-6-8-4-3-5-9-7/h6-7H,2-5H2,1H3. The number of hydrogen-bond donors (Lipinski definition) is 0. The number of ether oxygens (including phenoxy) is 1. The Morgan fingerprint density at radius 2 is 2.67 bits per heavy atom. The van der Waals surface area contributed by atoms with Crippen LogP contribution in [0.4, 0.5) is 0 Å². The van der Waals surface area contributed by atoms with Crippen molar-refractivity contribution in [2.75, 3.05) is 13.2 Å². The van der Waals surface area contributed by atoms with Gasteiger partial charge >= 0.3 is 0 Å². The summed E-state index contributed by atoms with van der Waals surface area (Å²) in [4.78, 5) is 4.17. The van der Waals surface area contributed by atoms with Crippen molar-refractivity contribution < 1.29 is 4.74 Å². The van der Waals surface area contributed by atoms with Crippen LogP contribution >= 0.6 is 0 Å². The molecule has 0 aliphatic carbocycles. The minimum atomic E-state index is 0.285. The van der Waals surface area contributed by atoms with Crippen molar-refractivity contribution in [2.45, 2.75) is 25.9 Å². The maximum Gasteiger partial charge on any atom is 0.0919 e. The highest BCUT2D eigenvalue weighted by Gasteiger charge is 2.03. The van der Waals surface area contributed by atoms with E-state index in [-0.39, 0.29) is 6.10 Å². The van der Waals surface area contributed by atoms with E-state index in [9.17, 15) is 0 Å². The molecule has 9 heavy (non-hydrogen) atoms. The molecule has 1 aliphatic rings. The average Bonchev–Trinajstić information content (AvgIpc) is 2.13. The van der Waals surface area contributed by atoms with Crippen LogP contribution in [-0.2, 0) is 4.74 Å². The predicted molar refractivity (Wildman–Crippen MR) is 38.0 cm³/mol. The Balaban J connectivity index is 2.33. The van der Waals surface area contributed by atoms with Crippen molar-refractivity contribution in [2.24, 2.45) is 4.99 Å². The van der Waals surface area contributed by atoms with Gasteiger partial charge in [0, 0.05) is 19.4 Å². The Bertz CT molecular complexity index is 101. The van der Waals surface area contributed by atoms with Gasteiger partial charge < -0.3 is 4.74 Å². The minimum Gasteiger partial charge on any atom is -0.373 e. The Hall–Kier alpha value is -0.370. The molecule has 52 valence electrons. The summed E-state index contributed by atoms with van der Waals surface area (Å²) in [5.74, 6) is 0. The molecule has 2 heteroatoms. The first kappa shape index (κ1) is 6.75. The topological polar surface area (TPSA) is 21.6 Å². The van der Waals surface area contributed by atoms with Gasteiger partial charge in [0.2, 0.25) is 0 Å². The molecule has 0 saturated heterocycles. The molecular formula is C7H13NO. The van der Waals surface area contributed by atoms with Gasteiger partial charge in [-0.3, -0.25) is 4.99 Å². The first-order valence-corrected chi connectivity index (χ1v) is 3.55. The van der Waals surface area contributed by atoms with E-state index < -0.39 is 0 Å². The summed E-state index contributed by atoms with van der Waals surface area (Å²) in [6, 6.07) is 0. The highest BCUT2D eigenvalue weighted by Crippen LogP contribution is 1.99. The Kier molecular flexibility index (Phi) is 2.71. The fourth-order valence-corrected chi connectivity index (χ4v) is 0.849. The summed E-state index contributed by atoms with van der Waals surface area (Å²) >= 11 is 0. The van der Waals surface area contributed by atoms with Crippen molar-refractivity contribution in [1.29, 1.82) is 0 Å². The molecule has 1 aliphatic heterocycles. The smallest absolute Gasteiger partial charge is 0.0919 e. The second-order valence-electron chi connectivity index (χ2n) is 2.23. The number of rotatable bonds is 1. The van der Waals surface area contributed by atoms with Crippen molar-refractivity contribution in [3.63, 3.8) is 0 Å². The van der Waals surface area contributed by atoms with Crippen LogP contribution in [0.2, 0.25) is 0 Å². The SMILES string of the molecule is CCC1C=NCCCO1. The van der Waals surface area contributed by atoms with Gasteiger partial charge in [0.25, 0.3) is 0 Å². The minimum absolute atomic E-state index is 0.285. The van der Waals surface area contributed by atoms with Gasteiger partial charge in [-0.05, 0) is 12.8 Å². The molecule has 0 N–H and O–H groups in total. The second-order valence-corrected chi connectivity index (χ2v) is 2.23. The average molecular weight is 127 g/mol. The largest absolute Gasteiger partial charge is 0.373 e. The van der Waals surface area contributed by atoms with E-state index in [0.717, 1.165) is 26.0 Å². The van der Waals surface area contributed by atoms with Gasteiger partial charge in [-0.2, -0.15) is 0 Å². The monoisotopic (exact) mass is 127 g/mol. The van der Waals surface area contributed by atoms with Gasteiger partial charge in [-0.25, -0.2) is 0 Å². The zero-order chi connectivity index (χ0) is 6.53. The molecule has 1 heterocycles. The predicted octanol–water partition coefficient (Wildman–Crippen LogP) is 1.26. The van der Waals surface area contributed by atoms with E-state index >= 15 is 0 Å². The molecule has 0 fully saturated rings. The molecular weight excluding hydrogens is 114 g/mol. The summed E-state index contributed by atoms with van der Waals surface area (Å²) in [5.41, 5.74) is 0. The molecule has 0 spiro atoms. The van der Waals surface area contributed by atoms with Crippen molar-refractivity contribution in [3.05, 3.63) is 0 Å². The van der Waals surface area contributed by atoms with E-state index in [0.29, 0.717) is 0 Å². The third-order valence-corrected chi connectivity index (χ3v) is 1.44. The molecule has 1 rings (SSSR count). The van der Waals surface area contributed by atoms with Crippen LogP contribution in [-0.4, -0.2) is 25.5 Å². The molecule has 0 amide bonds. The lowest BCUT2D eigenvalue weighted by Gasteiger charge is -2.06. The number of aliphatic imine (C=N–C) groups is 1. The van der Waals surface area contributed by atoms with Crippen LogP contribution in [0.25, 0.3) is 0 Å². The Morgan fingerprint density at radius 1 is 1.78 bits per heavy atom. The van der Waals surface area contributed by atoms with E-state index in [1.807, 2.05) is 6.21 Å². The quantitative estimate of drug-likeness (QED) is 0.519. The lowest BCUT2D eigenvalue weighted by atomic mass is 10.3. The molecule has 2 nitrogen and oxygen atoms in total. The van der Waals surface area contributed by atoms with Crippen LogP contribution in [0.15, 0.2) is 4.99 Å². The molecule has 0 aromatic heterocycles. The van der Waals surface area contributed by atoms with Crippen molar-refractivity contribution in [1.82, 2.24) is 0 Å². The Morgan fingerprint density at radius 3 is 3.44 bits per heavy atom. The fraction of sp³-hybridized carbons (Fsp3) is 0.857. The van der Waals surface area contributed by atoms with Gasteiger partial charge in [0.15, 0.2) is 0 Å². The molecule has 1 unspecified atom stereocenters. The number of nitrogens with zero attached hydrogens (tertiary/aromatic N) is 1.